The molecule has 1 aromatic carbocycles. The van der Waals surface area contributed by atoms with Crippen LogP contribution in [0, 0.1) is 5.92 Å². The molecule has 1 amide bonds. The monoisotopic (exact) mass is 263 g/mol. The Labute approximate surface area is 113 Å². The molecule has 1 aliphatic rings. The highest BCUT2D eigenvalue weighted by molar-refractivity contribution is 5.92. The van der Waals surface area contributed by atoms with Gasteiger partial charge in [-0.1, -0.05) is 12.1 Å². The smallest absolute Gasteiger partial charge is 0.238 e. The van der Waals surface area contributed by atoms with E-state index in [9.17, 15) is 4.79 Å². The lowest BCUT2D eigenvalue weighted by Gasteiger charge is -2.15. The van der Waals surface area contributed by atoms with Crippen LogP contribution in [-0.4, -0.2) is 42.2 Å². The number of aliphatic hydroxyl groups is 1. The number of anilines is 1. The van der Waals surface area contributed by atoms with Crippen LogP contribution in [0.1, 0.15) is 12.0 Å². The number of nitrogens with one attached hydrogen (secondary N) is 1. The number of amides is 1. The van der Waals surface area contributed by atoms with Gasteiger partial charge >= 0.3 is 0 Å². The molecule has 19 heavy (non-hydrogen) atoms. The van der Waals surface area contributed by atoms with Crippen LogP contribution in [0.15, 0.2) is 24.3 Å². The van der Waals surface area contributed by atoms with E-state index in [-0.39, 0.29) is 12.5 Å². The van der Waals surface area contributed by atoms with Crippen molar-refractivity contribution in [3.63, 3.8) is 0 Å². The Hall–Kier alpha value is -1.43. The quantitative estimate of drug-likeness (QED) is 0.718. The van der Waals surface area contributed by atoms with E-state index in [1.807, 2.05) is 24.3 Å². The van der Waals surface area contributed by atoms with Crippen LogP contribution in [0.4, 0.5) is 5.69 Å². The van der Waals surface area contributed by atoms with Gasteiger partial charge in [0.1, 0.15) is 0 Å². The van der Waals surface area contributed by atoms with E-state index < -0.39 is 0 Å². The van der Waals surface area contributed by atoms with Crippen LogP contribution in [0.3, 0.4) is 0 Å². The van der Waals surface area contributed by atoms with Crippen LogP contribution in [-0.2, 0) is 11.3 Å². The average Bonchev–Trinajstić information content (AvgIpc) is 2.87. The molecule has 1 atom stereocenters. The van der Waals surface area contributed by atoms with Gasteiger partial charge in [0.2, 0.25) is 5.91 Å². The molecule has 5 nitrogen and oxygen atoms in total. The summed E-state index contributed by atoms with van der Waals surface area (Å²) in [5.74, 6) is 0.302. The van der Waals surface area contributed by atoms with Gasteiger partial charge in [-0.05, 0) is 36.6 Å². The van der Waals surface area contributed by atoms with E-state index in [0.717, 1.165) is 30.8 Å². The molecule has 0 saturated carbocycles. The maximum absolute atomic E-state index is 11.9. The third-order valence-electron chi connectivity index (χ3n) is 3.47. The number of carbonyl (C=O) groups excluding carboxylic acids is 1. The van der Waals surface area contributed by atoms with Crippen molar-refractivity contribution in [1.29, 1.82) is 0 Å². The molecular formula is C14H21N3O2. The molecule has 5 heteroatoms. The highest BCUT2D eigenvalue weighted by Gasteiger charge is 2.23. The third-order valence-corrected chi connectivity index (χ3v) is 3.47. The van der Waals surface area contributed by atoms with Gasteiger partial charge in [-0.2, -0.15) is 0 Å². The number of nitrogens with two attached hydrogens (primary N) is 1. The van der Waals surface area contributed by atoms with E-state index in [2.05, 4.69) is 10.2 Å². The molecule has 0 spiro atoms. The highest BCUT2D eigenvalue weighted by atomic mass is 16.3. The Morgan fingerprint density at radius 3 is 2.74 bits per heavy atom. The minimum Gasteiger partial charge on any atom is -0.396 e. The number of rotatable bonds is 5. The number of hydrogen-bond donors (Lipinski definition) is 3. The Balaban J connectivity index is 1.80. The summed E-state index contributed by atoms with van der Waals surface area (Å²) in [6.07, 6.45) is 0.967. The van der Waals surface area contributed by atoms with Gasteiger partial charge in [0, 0.05) is 25.4 Å². The number of benzene rings is 1. The van der Waals surface area contributed by atoms with Crippen LogP contribution in [0.2, 0.25) is 0 Å². The van der Waals surface area contributed by atoms with Crippen LogP contribution >= 0.6 is 0 Å². The molecule has 2 rings (SSSR count). The molecule has 1 heterocycles. The second kappa shape index (κ2) is 6.65. The topological polar surface area (TPSA) is 78.6 Å². The molecule has 0 radical (unpaired) electrons. The lowest BCUT2D eigenvalue weighted by molar-refractivity contribution is -0.117. The fraction of sp³-hybridized carbons (Fsp3) is 0.500. The van der Waals surface area contributed by atoms with Gasteiger partial charge in [0.25, 0.3) is 0 Å². The van der Waals surface area contributed by atoms with Gasteiger partial charge in [-0.25, -0.2) is 0 Å². The van der Waals surface area contributed by atoms with Crippen molar-refractivity contribution in [1.82, 2.24) is 4.90 Å². The summed E-state index contributed by atoms with van der Waals surface area (Å²) in [4.78, 5) is 14.0. The maximum Gasteiger partial charge on any atom is 0.238 e. The Kier molecular flexibility index (Phi) is 4.90. The van der Waals surface area contributed by atoms with Crippen molar-refractivity contribution >= 4 is 11.6 Å². The molecule has 1 aromatic rings. The predicted octanol–water partition coefficient (Wildman–Crippen LogP) is 0.398. The van der Waals surface area contributed by atoms with Crippen molar-refractivity contribution in [2.24, 2.45) is 11.7 Å². The van der Waals surface area contributed by atoms with E-state index in [1.165, 1.54) is 0 Å². The molecule has 1 saturated heterocycles. The molecule has 1 unspecified atom stereocenters. The van der Waals surface area contributed by atoms with Crippen molar-refractivity contribution in [3.8, 4) is 0 Å². The van der Waals surface area contributed by atoms with Crippen molar-refractivity contribution < 1.29 is 9.90 Å². The van der Waals surface area contributed by atoms with E-state index in [0.29, 0.717) is 19.0 Å². The van der Waals surface area contributed by atoms with Gasteiger partial charge in [0.15, 0.2) is 0 Å². The van der Waals surface area contributed by atoms with Crippen molar-refractivity contribution in [2.75, 3.05) is 31.6 Å². The minimum atomic E-state index is -0.0147. The second-order valence-electron chi connectivity index (χ2n) is 5.02. The molecular weight excluding hydrogens is 242 g/mol. The van der Waals surface area contributed by atoms with E-state index >= 15 is 0 Å². The number of carbonyl (C=O) groups is 1. The fourth-order valence-electron chi connectivity index (χ4n) is 2.33. The SMILES string of the molecule is NCc1ccc(NC(=O)CN2CCC(CO)C2)cc1. The van der Waals surface area contributed by atoms with Gasteiger partial charge in [-0.15, -0.1) is 0 Å². The van der Waals surface area contributed by atoms with Gasteiger partial charge < -0.3 is 16.2 Å². The zero-order valence-electron chi connectivity index (χ0n) is 11.0. The fourth-order valence-corrected chi connectivity index (χ4v) is 2.33. The average molecular weight is 263 g/mol. The Morgan fingerprint density at radius 2 is 2.16 bits per heavy atom. The largest absolute Gasteiger partial charge is 0.396 e. The predicted molar refractivity (Wildman–Crippen MR) is 74.6 cm³/mol. The number of aliphatic hydroxyl groups excluding tert-OH is 1. The van der Waals surface area contributed by atoms with Gasteiger partial charge in [-0.3, -0.25) is 9.69 Å². The molecule has 104 valence electrons. The standard InChI is InChI=1S/C14H21N3O2/c15-7-11-1-3-13(4-2-11)16-14(19)9-17-6-5-12(8-17)10-18/h1-4,12,18H,5-10,15H2,(H,16,19). The van der Waals surface area contributed by atoms with Crippen LogP contribution in [0.25, 0.3) is 0 Å². The first-order chi connectivity index (χ1) is 9.21. The molecule has 0 aromatic heterocycles. The summed E-state index contributed by atoms with van der Waals surface area (Å²) in [5.41, 5.74) is 7.36. The molecule has 4 N–H and O–H groups in total. The first-order valence-corrected chi connectivity index (χ1v) is 6.63. The number of hydrogen-bond acceptors (Lipinski definition) is 4. The van der Waals surface area contributed by atoms with E-state index in [4.69, 9.17) is 10.8 Å². The lowest BCUT2D eigenvalue weighted by atomic mass is 10.1. The van der Waals surface area contributed by atoms with Crippen molar-refractivity contribution in [3.05, 3.63) is 29.8 Å². The Bertz CT molecular complexity index is 419. The van der Waals surface area contributed by atoms with Crippen molar-refractivity contribution in [2.45, 2.75) is 13.0 Å². The lowest BCUT2D eigenvalue weighted by Crippen LogP contribution is -2.31. The van der Waals surface area contributed by atoms with Crippen LogP contribution < -0.4 is 11.1 Å². The normalized spacial score (nSPS) is 19.6. The molecule has 0 aliphatic carbocycles. The summed E-state index contributed by atoms with van der Waals surface area (Å²) in [7, 11) is 0. The number of nitrogens with zero attached hydrogens (tertiary/aromatic N) is 1. The summed E-state index contributed by atoms with van der Waals surface area (Å²) < 4.78 is 0. The molecule has 1 fully saturated rings. The number of likely N-dealkylation sites (tertiary alicyclic amines) is 1. The summed E-state index contributed by atoms with van der Waals surface area (Å²) in [6.45, 7) is 2.78. The second-order valence-corrected chi connectivity index (χ2v) is 5.02. The Morgan fingerprint density at radius 1 is 1.42 bits per heavy atom. The zero-order chi connectivity index (χ0) is 13.7. The maximum atomic E-state index is 11.9. The summed E-state index contributed by atoms with van der Waals surface area (Å²) >= 11 is 0. The highest BCUT2D eigenvalue weighted by Crippen LogP contribution is 2.15. The van der Waals surface area contributed by atoms with E-state index in [1.54, 1.807) is 0 Å². The first-order valence-electron chi connectivity index (χ1n) is 6.63. The summed E-state index contributed by atoms with van der Waals surface area (Å²) in [5, 5.41) is 11.9. The zero-order valence-corrected chi connectivity index (χ0v) is 11.0. The first kappa shape index (κ1) is 14.0. The molecule has 1 aliphatic heterocycles. The van der Waals surface area contributed by atoms with Gasteiger partial charge in [0.05, 0.1) is 6.54 Å². The summed E-state index contributed by atoms with van der Waals surface area (Å²) in [6, 6.07) is 7.54. The third kappa shape index (κ3) is 4.02. The minimum absolute atomic E-state index is 0.0147. The molecule has 0 bridgehead atoms. The van der Waals surface area contributed by atoms with Crippen LogP contribution in [0.5, 0.6) is 0 Å².